The predicted molar refractivity (Wildman–Crippen MR) is 148 cm³/mol. The first-order valence-corrected chi connectivity index (χ1v) is 12.5. The maximum absolute atomic E-state index is 13.4. The van der Waals surface area contributed by atoms with Crippen molar-refractivity contribution in [1.29, 1.82) is 0 Å². The highest BCUT2D eigenvalue weighted by atomic mass is 16.5. The van der Waals surface area contributed by atoms with Gasteiger partial charge < -0.3 is 30.2 Å². The Morgan fingerprint density at radius 3 is 2.30 bits per heavy atom. The number of aromatic nitrogens is 1. The van der Waals surface area contributed by atoms with Crippen molar-refractivity contribution >= 4 is 40.6 Å². The van der Waals surface area contributed by atoms with Crippen molar-refractivity contribution in [2.45, 2.75) is 39.0 Å². The summed E-state index contributed by atoms with van der Waals surface area (Å²) in [7, 11) is 0. The Kier molecular flexibility index (Phi) is 8.75. The molecule has 4 N–H and O–H groups in total. The fourth-order valence-electron chi connectivity index (χ4n) is 3.97. The van der Waals surface area contributed by atoms with Gasteiger partial charge in [0, 0.05) is 12.1 Å². The number of rotatable bonds is 10. The van der Waals surface area contributed by atoms with E-state index in [-0.39, 0.29) is 29.9 Å². The highest BCUT2D eigenvalue weighted by Gasteiger charge is 2.23. The van der Waals surface area contributed by atoms with E-state index in [0.717, 1.165) is 11.1 Å². The number of nitrogens with one attached hydrogen (secondary N) is 3. The SMILES string of the molecule is Cc1cc(NC(=O)C(Cc2ccccc2)NC(=O)OCc2ccccc2)cc2nc(NC(C)C(=O)O)oc(=O)c12. The van der Waals surface area contributed by atoms with Gasteiger partial charge in [0.2, 0.25) is 5.91 Å². The molecule has 0 spiro atoms. The van der Waals surface area contributed by atoms with Crippen LogP contribution in [-0.4, -0.2) is 40.1 Å². The number of benzene rings is 3. The molecule has 0 aliphatic rings. The van der Waals surface area contributed by atoms with E-state index in [2.05, 4.69) is 20.9 Å². The van der Waals surface area contributed by atoms with Gasteiger partial charge in [0.25, 0.3) is 6.01 Å². The highest BCUT2D eigenvalue weighted by molar-refractivity contribution is 5.98. The van der Waals surface area contributed by atoms with Gasteiger partial charge in [-0.15, -0.1) is 0 Å². The van der Waals surface area contributed by atoms with Crippen LogP contribution in [0.4, 0.5) is 16.5 Å². The van der Waals surface area contributed by atoms with E-state index in [1.807, 2.05) is 60.7 Å². The molecular weight excluding hydrogens is 516 g/mol. The molecule has 2 atom stereocenters. The predicted octanol–water partition coefficient (Wildman–Crippen LogP) is 3.86. The summed E-state index contributed by atoms with van der Waals surface area (Å²) in [4.78, 5) is 53.9. The van der Waals surface area contributed by atoms with E-state index >= 15 is 0 Å². The van der Waals surface area contributed by atoms with Gasteiger partial charge in [0.05, 0.1) is 10.9 Å². The quantitative estimate of drug-likeness (QED) is 0.232. The minimum absolute atomic E-state index is 0.0430. The minimum atomic E-state index is -1.15. The fraction of sp³-hybridized carbons (Fsp3) is 0.207. The maximum atomic E-state index is 13.4. The van der Waals surface area contributed by atoms with Gasteiger partial charge >= 0.3 is 17.7 Å². The molecule has 0 saturated heterocycles. The highest BCUT2D eigenvalue weighted by Crippen LogP contribution is 2.22. The van der Waals surface area contributed by atoms with Crippen LogP contribution >= 0.6 is 0 Å². The Morgan fingerprint density at radius 1 is 1.00 bits per heavy atom. The second-order valence-corrected chi connectivity index (χ2v) is 9.14. The molecule has 1 heterocycles. The molecule has 0 radical (unpaired) electrons. The number of alkyl carbamates (subject to hydrolysis) is 1. The zero-order chi connectivity index (χ0) is 28.6. The lowest BCUT2D eigenvalue weighted by atomic mass is 10.0. The zero-order valence-corrected chi connectivity index (χ0v) is 21.8. The molecule has 40 heavy (non-hydrogen) atoms. The number of hydrogen-bond acceptors (Lipinski definition) is 8. The molecular formula is C29H28N4O7. The molecule has 0 aliphatic carbocycles. The average molecular weight is 545 g/mol. The van der Waals surface area contributed by atoms with Crippen molar-refractivity contribution in [3.05, 3.63) is 99.9 Å². The first-order chi connectivity index (χ1) is 19.2. The van der Waals surface area contributed by atoms with Crippen molar-refractivity contribution in [2.75, 3.05) is 10.6 Å². The summed E-state index contributed by atoms with van der Waals surface area (Å²) in [5.74, 6) is -1.67. The Hall–Kier alpha value is -5.19. The largest absolute Gasteiger partial charge is 0.480 e. The normalized spacial score (nSPS) is 12.2. The van der Waals surface area contributed by atoms with Gasteiger partial charge in [-0.2, -0.15) is 4.98 Å². The average Bonchev–Trinajstić information content (AvgIpc) is 2.92. The topological polar surface area (TPSA) is 160 Å². The van der Waals surface area contributed by atoms with Crippen LogP contribution in [0.5, 0.6) is 0 Å². The number of anilines is 2. The lowest BCUT2D eigenvalue weighted by Crippen LogP contribution is -2.45. The molecule has 3 aromatic carbocycles. The number of carboxylic acid groups (broad SMARTS) is 1. The number of ether oxygens (including phenoxy) is 1. The maximum Gasteiger partial charge on any atom is 0.408 e. The standard InChI is InChI=1S/C29H28N4O7/c1-17-13-21(15-22-24(17)27(37)40-28(32-22)30-18(2)26(35)36)31-25(34)23(14-19-9-5-3-6-10-19)33-29(38)39-16-20-11-7-4-8-12-20/h3-13,15,18,23H,14,16H2,1-2H3,(H,30,32)(H,31,34)(H,33,38)(H,35,36). The van der Waals surface area contributed by atoms with Crippen LogP contribution in [0.3, 0.4) is 0 Å². The first kappa shape index (κ1) is 27.8. The summed E-state index contributed by atoms with van der Waals surface area (Å²) in [6.45, 7) is 3.08. The summed E-state index contributed by atoms with van der Waals surface area (Å²) in [5, 5.41) is 17.3. The molecule has 0 aliphatic heterocycles. The molecule has 2 amide bonds. The molecule has 0 bridgehead atoms. The molecule has 4 aromatic rings. The molecule has 4 rings (SSSR count). The number of carbonyl (C=O) groups is 3. The Bertz CT molecular complexity index is 1570. The summed E-state index contributed by atoms with van der Waals surface area (Å²) in [6.07, 6.45) is -0.556. The number of carboxylic acids is 1. The summed E-state index contributed by atoms with van der Waals surface area (Å²) in [5.41, 5.74) is 1.93. The number of aliphatic carboxylic acids is 1. The van der Waals surface area contributed by atoms with E-state index in [1.54, 1.807) is 13.0 Å². The molecule has 1 aromatic heterocycles. The monoisotopic (exact) mass is 544 g/mol. The lowest BCUT2D eigenvalue weighted by molar-refractivity contribution is -0.137. The first-order valence-electron chi connectivity index (χ1n) is 12.5. The van der Waals surface area contributed by atoms with E-state index in [0.29, 0.717) is 11.3 Å². The van der Waals surface area contributed by atoms with Crippen LogP contribution in [-0.2, 0) is 27.4 Å². The van der Waals surface area contributed by atoms with Gasteiger partial charge in [0.15, 0.2) is 0 Å². The number of carbonyl (C=O) groups excluding carboxylic acids is 2. The van der Waals surface area contributed by atoms with E-state index < -0.39 is 35.7 Å². The van der Waals surface area contributed by atoms with E-state index in [9.17, 15) is 19.2 Å². The molecule has 0 saturated carbocycles. The van der Waals surface area contributed by atoms with Crippen molar-refractivity contribution in [3.8, 4) is 0 Å². The summed E-state index contributed by atoms with van der Waals surface area (Å²) in [6, 6.07) is 19.1. The minimum Gasteiger partial charge on any atom is -0.480 e. The fourth-order valence-corrected chi connectivity index (χ4v) is 3.97. The van der Waals surface area contributed by atoms with Gasteiger partial charge in [-0.3, -0.25) is 9.59 Å². The Balaban J connectivity index is 1.55. The van der Waals surface area contributed by atoms with Gasteiger partial charge in [-0.25, -0.2) is 9.59 Å². The third-order valence-corrected chi connectivity index (χ3v) is 6.01. The smallest absolute Gasteiger partial charge is 0.408 e. The third-order valence-electron chi connectivity index (χ3n) is 6.01. The van der Waals surface area contributed by atoms with Gasteiger partial charge in [-0.1, -0.05) is 60.7 Å². The Labute approximate surface area is 229 Å². The molecule has 0 fully saturated rings. The zero-order valence-electron chi connectivity index (χ0n) is 21.8. The van der Waals surface area contributed by atoms with Gasteiger partial charge in [-0.05, 0) is 42.7 Å². The van der Waals surface area contributed by atoms with Gasteiger partial charge in [0.1, 0.15) is 18.7 Å². The lowest BCUT2D eigenvalue weighted by Gasteiger charge is -2.19. The van der Waals surface area contributed by atoms with E-state index in [4.69, 9.17) is 14.3 Å². The number of nitrogens with zero attached hydrogens (tertiary/aromatic N) is 1. The number of hydrogen-bond donors (Lipinski definition) is 4. The van der Waals surface area contributed by atoms with E-state index in [1.165, 1.54) is 13.0 Å². The molecule has 11 heteroatoms. The van der Waals surface area contributed by atoms with Crippen LogP contribution < -0.4 is 21.6 Å². The summed E-state index contributed by atoms with van der Waals surface area (Å²) >= 11 is 0. The van der Waals surface area contributed by atoms with Crippen molar-refractivity contribution in [2.24, 2.45) is 0 Å². The van der Waals surface area contributed by atoms with Crippen LogP contribution in [0.15, 0.2) is 82.0 Å². The Morgan fingerprint density at radius 2 is 1.65 bits per heavy atom. The summed E-state index contributed by atoms with van der Waals surface area (Å²) < 4.78 is 10.4. The van der Waals surface area contributed by atoms with Crippen LogP contribution in [0.25, 0.3) is 10.9 Å². The van der Waals surface area contributed by atoms with Crippen LogP contribution in [0.1, 0.15) is 23.6 Å². The number of fused-ring (bicyclic) bond motifs is 1. The molecule has 206 valence electrons. The van der Waals surface area contributed by atoms with Crippen molar-refractivity contribution in [1.82, 2.24) is 10.3 Å². The third kappa shape index (κ3) is 7.22. The second-order valence-electron chi connectivity index (χ2n) is 9.14. The second kappa shape index (κ2) is 12.6. The van der Waals surface area contributed by atoms with Crippen LogP contribution in [0, 0.1) is 6.92 Å². The van der Waals surface area contributed by atoms with Crippen LogP contribution in [0.2, 0.25) is 0 Å². The van der Waals surface area contributed by atoms with Crippen molar-refractivity contribution in [3.63, 3.8) is 0 Å². The molecule has 11 nitrogen and oxygen atoms in total. The number of aryl methyl sites for hydroxylation is 1. The molecule has 2 unspecified atom stereocenters. The number of amides is 2. The van der Waals surface area contributed by atoms with Crippen molar-refractivity contribution < 1.29 is 28.6 Å².